The predicted octanol–water partition coefficient (Wildman–Crippen LogP) is 5.34. The number of benzene rings is 3. The van der Waals surface area contributed by atoms with Gasteiger partial charge in [0.15, 0.2) is 11.5 Å². The summed E-state index contributed by atoms with van der Waals surface area (Å²) in [6, 6.07) is 16.6. The number of nitrogens with zero attached hydrogens (tertiary/aromatic N) is 2. The molecular weight excluding hydrogens is 565 g/mol. The molecule has 0 heterocycles. The van der Waals surface area contributed by atoms with Gasteiger partial charge in [0.05, 0.1) is 27.9 Å². The Hall–Kier alpha value is -3.67. The smallest absolute Gasteiger partial charge is 0.271 e. The van der Waals surface area contributed by atoms with Gasteiger partial charge in [-0.05, 0) is 96.1 Å². The van der Waals surface area contributed by atoms with Crippen LogP contribution in [0.2, 0.25) is 0 Å². The second-order valence-electron chi connectivity index (χ2n) is 7.13. The summed E-state index contributed by atoms with van der Waals surface area (Å²) in [5.41, 5.74) is 4.50. The molecule has 0 saturated heterocycles. The van der Waals surface area contributed by atoms with Crippen LogP contribution in [0.15, 0.2) is 65.8 Å². The molecule has 0 bridgehead atoms. The molecule has 1 amide bonds. The second kappa shape index (κ2) is 12.7. The van der Waals surface area contributed by atoms with Crippen molar-refractivity contribution in [2.24, 2.45) is 5.10 Å². The fourth-order valence-corrected chi connectivity index (χ4v) is 3.82. The van der Waals surface area contributed by atoms with E-state index in [2.05, 4.69) is 33.1 Å². The van der Waals surface area contributed by atoms with E-state index in [-0.39, 0.29) is 18.2 Å². The summed E-state index contributed by atoms with van der Waals surface area (Å²) in [4.78, 5) is 22.7. The lowest BCUT2D eigenvalue weighted by molar-refractivity contribution is -0.384. The number of nitro benzene ring substituents is 1. The molecule has 1 N–H and O–H groups in total. The minimum absolute atomic E-state index is 0.0246. The maximum absolute atomic E-state index is 12.3. The van der Waals surface area contributed by atoms with E-state index in [4.69, 9.17) is 14.2 Å². The van der Waals surface area contributed by atoms with E-state index in [0.717, 1.165) is 9.13 Å². The Kier molecular flexibility index (Phi) is 9.41. The highest BCUT2D eigenvalue weighted by Gasteiger charge is 2.13. The van der Waals surface area contributed by atoms with Crippen LogP contribution in [0.3, 0.4) is 0 Å². The Bertz CT molecular complexity index is 1200. The van der Waals surface area contributed by atoms with Crippen molar-refractivity contribution >= 4 is 40.4 Å². The lowest BCUT2D eigenvalue weighted by atomic mass is 10.2. The van der Waals surface area contributed by atoms with Gasteiger partial charge < -0.3 is 14.2 Å². The number of carbonyl (C=O) groups is 1. The number of ether oxygens (including phenoxy) is 3. The van der Waals surface area contributed by atoms with E-state index in [1.165, 1.54) is 18.3 Å². The van der Waals surface area contributed by atoms with Crippen LogP contribution in [0, 0.1) is 13.7 Å². The van der Waals surface area contributed by atoms with Crippen LogP contribution in [-0.4, -0.2) is 30.3 Å². The molecule has 10 heteroatoms. The average molecular weight is 589 g/mol. The molecule has 0 aliphatic heterocycles. The molecule has 0 atom stereocenters. The monoisotopic (exact) mass is 589 g/mol. The molecule has 3 aromatic rings. The fraction of sp³-hybridized carbons (Fsp3) is 0.200. The summed E-state index contributed by atoms with van der Waals surface area (Å²) in [6.45, 7) is 4.97. The first kappa shape index (κ1) is 25.9. The molecule has 0 aromatic heterocycles. The minimum Gasteiger partial charge on any atom is -0.494 e. The van der Waals surface area contributed by atoms with Crippen molar-refractivity contribution in [2.75, 3.05) is 13.2 Å². The lowest BCUT2D eigenvalue weighted by Gasteiger charge is -2.14. The zero-order valence-corrected chi connectivity index (χ0v) is 21.4. The van der Waals surface area contributed by atoms with Crippen LogP contribution in [0.25, 0.3) is 0 Å². The Morgan fingerprint density at radius 3 is 2.34 bits per heavy atom. The van der Waals surface area contributed by atoms with E-state index in [1.54, 1.807) is 42.5 Å². The third-order valence-electron chi connectivity index (χ3n) is 4.67. The molecule has 0 aliphatic carbocycles. The standard InChI is InChI=1S/C25H24IN3O6/c1-3-33-21-11-7-19(8-12-21)25(30)28-27-15-18-13-22(26)24(23(14-18)34-4-2)35-16-17-5-9-20(10-6-17)29(31)32/h5-15H,3-4,16H2,1-2H3,(H,28,30)/b27-15+. The van der Waals surface area contributed by atoms with Gasteiger partial charge in [-0.3, -0.25) is 14.9 Å². The summed E-state index contributed by atoms with van der Waals surface area (Å²) in [5.74, 6) is 1.44. The molecule has 3 aromatic carbocycles. The van der Waals surface area contributed by atoms with Crippen molar-refractivity contribution in [2.45, 2.75) is 20.5 Å². The van der Waals surface area contributed by atoms with Crippen molar-refractivity contribution in [1.29, 1.82) is 0 Å². The van der Waals surface area contributed by atoms with E-state index in [9.17, 15) is 14.9 Å². The average Bonchev–Trinajstić information content (AvgIpc) is 2.84. The third kappa shape index (κ3) is 7.41. The summed E-state index contributed by atoms with van der Waals surface area (Å²) in [7, 11) is 0. The highest BCUT2D eigenvalue weighted by atomic mass is 127. The molecule has 0 unspecified atom stereocenters. The van der Waals surface area contributed by atoms with Crippen molar-refractivity contribution in [1.82, 2.24) is 5.43 Å². The minimum atomic E-state index is -0.443. The van der Waals surface area contributed by atoms with Gasteiger partial charge in [-0.15, -0.1) is 0 Å². The zero-order chi connectivity index (χ0) is 25.2. The van der Waals surface area contributed by atoms with Crippen LogP contribution in [0.4, 0.5) is 5.69 Å². The third-order valence-corrected chi connectivity index (χ3v) is 5.47. The van der Waals surface area contributed by atoms with Gasteiger partial charge in [-0.25, -0.2) is 5.43 Å². The van der Waals surface area contributed by atoms with Crippen LogP contribution in [0.1, 0.15) is 35.3 Å². The van der Waals surface area contributed by atoms with E-state index in [0.29, 0.717) is 41.6 Å². The van der Waals surface area contributed by atoms with Gasteiger partial charge in [-0.2, -0.15) is 5.10 Å². The van der Waals surface area contributed by atoms with Crippen LogP contribution in [-0.2, 0) is 6.61 Å². The number of hydrogen-bond acceptors (Lipinski definition) is 7. The van der Waals surface area contributed by atoms with Crippen LogP contribution < -0.4 is 19.6 Å². The number of rotatable bonds is 11. The Morgan fingerprint density at radius 2 is 1.71 bits per heavy atom. The Balaban J connectivity index is 1.67. The largest absolute Gasteiger partial charge is 0.494 e. The molecule has 0 spiro atoms. The quantitative estimate of drug-likeness (QED) is 0.140. The number of carbonyl (C=O) groups excluding carboxylic acids is 1. The first-order valence-electron chi connectivity index (χ1n) is 10.8. The fourth-order valence-electron chi connectivity index (χ4n) is 3.03. The number of hydrazone groups is 1. The van der Waals surface area contributed by atoms with Crippen LogP contribution in [0.5, 0.6) is 17.2 Å². The topological polar surface area (TPSA) is 112 Å². The summed E-state index contributed by atoms with van der Waals surface area (Å²) >= 11 is 2.14. The number of nitrogens with one attached hydrogen (secondary N) is 1. The number of halogens is 1. The number of nitro groups is 1. The van der Waals surface area contributed by atoms with Crippen LogP contribution >= 0.6 is 22.6 Å². The highest BCUT2D eigenvalue weighted by Crippen LogP contribution is 2.34. The highest BCUT2D eigenvalue weighted by molar-refractivity contribution is 14.1. The van der Waals surface area contributed by atoms with Gasteiger partial charge in [0.25, 0.3) is 11.6 Å². The zero-order valence-electron chi connectivity index (χ0n) is 19.2. The predicted molar refractivity (Wildman–Crippen MR) is 140 cm³/mol. The SMILES string of the molecule is CCOc1ccc(C(=O)N/N=C/c2cc(I)c(OCc3ccc([N+](=O)[O-])cc3)c(OCC)c2)cc1. The first-order chi connectivity index (χ1) is 16.9. The van der Waals surface area contributed by atoms with Crippen molar-refractivity contribution in [3.8, 4) is 17.2 Å². The number of hydrogen-bond donors (Lipinski definition) is 1. The number of non-ortho nitro benzene ring substituents is 1. The van der Waals surface area contributed by atoms with Crippen molar-refractivity contribution in [3.05, 3.63) is 91.0 Å². The van der Waals surface area contributed by atoms with Gasteiger partial charge >= 0.3 is 0 Å². The molecule has 0 aliphatic rings. The van der Waals surface area contributed by atoms with E-state index >= 15 is 0 Å². The molecule has 0 radical (unpaired) electrons. The summed E-state index contributed by atoms with van der Waals surface area (Å²) < 4.78 is 17.9. The van der Waals surface area contributed by atoms with Crippen molar-refractivity contribution in [3.63, 3.8) is 0 Å². The maximum atomic E-state index is 12.3. The maximum Gasteiger partial charge on any atom is 0.271 e. The molecule has 182 valence electrons. The van der Waals surface area contributed by atoms with Gasteiger partial charge in [-0.1, -0.05) is 0 Å². The lowest BCUT2D eigenvalue weighted by Crippen LogP contribution is -2.17. The Labute approximate surface area is 216 Å². The molecule has 3 rings (SSSR count). The molecule has 35 heavy (non-hydrogen) atoms. The van der Waals surface area contributed by atoms with Gasteiger partial charge in [0.1, 0.15) is 12.4 Å². The van der Waals surface area contributed by atoms with E-state index < -0.39 is 4.92 Å². The normalized spacial score (nSPS) is 10.7. The summed E-state index contributed by atoms with van der Waals surface area (Å²) in [5, 5.41) is 14.9. The van der Waals surface area contributed by atoms with Crippen molar-refractivity contribution < 1.29 is 23.9 Å². The Morgan fingerprint density at radius 1 is 1.03 bits per heavy atom. The van der Waals surface area contributed by atoms with Gasteiger partial charge in [0, 0.05) is 17.7 Å². The van der Waals surface area contributed by atoms with Gasteiger partial charge in [0.2, 0.25) is 0 Å². The second-order valence-corrected chi connectivity index (χ2v) is 8.29. The number of amides is 1. The summed E-state index contributed by atoms with van der Waals surface area (Å²) in [6.07, 6.45) is 1.53. The molecule has 0 saturated carbocycles. The molecule has 9 nitrogen and oxygen atoms in total. The molecular formula is C25H24IN3O6. The first-order valence-corrected chi connectivity index (χ1v) is 11.9. The molecule has 0 fully saturated rings. The van der Waals surface area contributed by atoms with E-state index in [1.807, 2.05) is 19.9 Å².